The number of hydrogen-bond donors (Lipinski definition) is 1. The summed E-state index contributed by atoms with van der Waals surface area (Å²) in [5.74, 6) is 0.266. The number of hydrogen-bond acceptors (Lipinski definition) is 3. The fraction of sp³-hybridized carbons (Fsp3) is 0.688. The minimum atomic E-state index is -0.0910. The molecule has 2 unspecified atom stereocenters. The third kappa shape index (κ3) is 4.06. The lowest BCUT2D eigenvalue weighted by Crippen LogP contribution is -2.47. The summed E-state index contributed by atoms with van der Waals surface area (Å²) in [5, 5.41) is 5.64. The summed E-state index contributed by atoms with van der Waals surface area (Å²) < 4.78 is 0. The first-order valence-electron chi connectivity index (χ1n) is 7.80. The molecule has 3 nitrogen and oxygen atoms in total. The van der Waals surface area contributed by atoms with E-state index in [-0.39, 0.29) is 11.9 Å². The van der Waals surface area contributed by atoms with Gasteiger partial charge in [0.15, 0.2) is 0 Å². The summed E-state index contributed by atoms with van der Waals surface area (Å²) in [7, 11) is 0. The molecule has 1 N–H and O–H groups in total. The van der Waals surface area contributed by atoms with Crippen molar-refractivity contribution in [2.24, 2.45) is 0 Å². The minimum Gasteiger partial charge on any atom is -0.341 e. The number of amides is 1. The van der Waals surface area contributed by atoms with Crippen LogP contribution in [0.2, 0.25) is 0 Å². The molecule has 1 fully saturated rings. The molecule has 0 bridgehead atoms. The predicted molar refractivity (Wildman–Crippen MR) is 85.0 cm³/mol. The molecule has 0 saturated carbocycles. The van der Waals surface area contributed by atoms with Gasteiger partial charge in [-0.25, -0.2) is 0 Å². The molecule has 1 saturated heterocycles. The first kappa shape index (κ1) is 15.5. The van der Waals surface area contributed by atoms with Gasteiger partial charge in [-0.15, -0.1) is 11.3 Å². The average molecular weight is 294 g/mol. The first-order valence-corrected chi connectivity index (χ1v) is 8.68. The van der Waals surface area contributed by atoms with Gasteiger partial charge in [0.25, 0.3) is 0 Å². The highest BCUT2D eigenvalue weighted by atomic mass is 32.1. The lowest BCUT2D eigenvalue weighted by Gasteiger charge is -2.31. The molecule has 1 amide bonds. The molecule has 0 aliphatic carbocycles. The van der Waals surface area contributed by atoms with E-state index in [1.165, 1.54) is 11.3 Å². The summed E-state index contributed by atoms with van der Waals surface area (Å²) in [5.41, 5.74) is 0. The maximum Gasteiger partial charge on any atom is 0.239 e. The van der Waals surface area contributed by atoms with Crippen LogP contribution < -0.4 is 5.32 Å². The number of carbonyl (C=O) groups excluding carboxylic acids is 1. The SMILES string of the molecule is CCCC(NC(C)C(=O)N1CCCCC1)c1cccs1. The predicted octanol–water partition coefficient (Wildman–Crippen LogP) is 3.58. The summed E-state index contributed by atoms with van der Waals surface area (Å²) in [6, 6.07) is 4.47. The van der Waals surface area contributed by atoms with Gasteiger partial charge in [0, 0.05) is 24.0 Å². The van der Waals surface area contributed by atoms with Gasteiger partial charge >= 0.3 is 0 Å². The van der Waals surface area contributed by atoms with Gasteiger partial charge in [0.2, 0.25) is 5.91 Å². The second-order valence-electron chi connectivity index (χ2n) is 5.63. The van der Waals surface area contributed by atoms with Crippen LogP contribution in [0.25, 0.3) is 0 Å². The molecule has 2 rings (SSSR count). The number of nitrogens with zero attached hydrogens (tertiary/aromatic N) is 1. The van der Waals surface area contributed by atoms with Crippen LogP contribution in [0.5, 0.6) is 0 Å². The average Bonchev–Trinajstić information content (AvgIpc) is 3.01. The number of rotatable bonds is 6. The maximum absolute atomic E-state index is 12.5. The van der Waals surface area contributed by atoms with Crippen LogP contribution in [0.3, 0.4) is 0 Å². The molecule has 1 aliphatic rings. The highest BCUT2D eigenvalue weighted by Gasteiger charge is 2.24. The summed E-state index contributed by atoms with van der Waals surface area (Å²) in [6.07, 6.45) is 5.78. The molecule has 1 aliphatic heterocycles. The molecule has 112 valence electrons. The second kappa shape index (κ2) is 7.79. The van der Waals surface area contributed by atoms with Crippen LogP contribution in [0, 0.1) is 0 Å². The molecule has 20 heavy (non-hydrogen) atoms. The van der Waals surface area contributed by atoms with Gasteiger partial charge in [-0.05, 0) is 44.1 Å². The Bertz CT molecular complexity index is 399. The standard InChI is InChI=1S/C16H26N2OS/c1-3-8-14(15-9-7-12-20-15)17-13(2)16(19)18-10-5-4-6-11-18/h7,9,12-14,17H,3-6,8,10-11H2,1-2H3. The van der Waals surface area contributed by atoms with Crippen molar-refractivity contribution < 1.29 is 4.79 Å². The van der Waals surface area contributed by atoms with E-state index in [1.807, 2.05) is 11.8 Å². The van der Waals surface area contributed by atoms with E-state index in [4.69, 9.17) is 0 Å². The fourth-order valence-electron chi connectivity index (χ4n) is 2.85. The summed E-state index contributed by atoms with van der Waals surface area (Å²) >= 11 is 1.77. The van der Waals surface area contributed by atoms with E-state index in [0.717, 1.165) is 38.8 Å². The number of carbonyl (C=O) groups is 1. The molecular formula is C16H26N2OS. The van der Waals surface area contributed by atoms with Crippen LogP contribution in [0.1, 0.15) is 56.9 Å². The number of nitrogens with one attached hydrogen (secondary N) is 1. The van der Waals surface area contributed by atoms with Gasteiger partial charge in [0.05, 0.1) is 6.04 Å². The van der Waals surface area contributed by atoms with Crippen molar-refractivity contribution in [2.45, 2.75) is 58.0 Å². The highest BCUT2D eigenvalue weighted by molar-refractivity contribution is 7.10. The molecule has 1 aromatic heterocycles. The van der Waals surface area contributed by atoms with Crippen LogP contribution in [-0.4, -0.2) is 29.9 Å². The zero-order chi connectivity index (χ0) is 14.4. The van der Waals surface area contributed by atoms with E-state index in [0.29, 0.717) is 6.04 Å². The van der Waals surface area contributed by atoms with Crippen LogP contribution >= 0.6 is 11.3 Å². The first-order chi connectivity index (χ1) is 9.72. The number of piperidine rings is 1. The second-order valence-corrected chi connectivity index (χ2v) is 6.61. The minimum absolute atomic E-state index is 0.0910. The molecule has 0 radical (unpaired) electrons. The Labute approximate surface area is 126 Å². The van der Waals surface area contributed by atoms with Crippen molar-refractivity contribution >= 4 is 17.2 Å². The van der Waals surface area contributed by atoms with Gasteiger partial charge in [-0.2, -0.15) is 0 Å². The van der Waals surface area contributed by atoms with E-state index in [1.54, 1.807) is 11.3 Å². The third-order valence-electron chi connectivity index (χ3n) is 3.95. The fourth-order valence-corrected chi connectivity index (χ4v) is 3.67. The zero-order valence-corrected chi connectivity index (χ0v) is 13.4. The highest BCUT2D eigenvalue weighted by Crippen LogP contribution is 2.24. The summed E-state index contributed by atoms with van der Waals surface area (Å²) in [6.45, 7) is 6.07. The Balaban J connectivity index is 1.93. The van der Waals surface area contributed by atoms with Crippen molar-refractivity contribution in [2.75, 3.05) is 13.1 Å². The molecular weight excluding hydrogens is 268 g/mol. The molecule has 2 atom stereocenters. The van der Waals surface area contributed by atoms with Crippen molar-refractivity contribution in [3.8, 4) is 0 Å². The quantitative estimate of drug-likeness (QED) is 0.869. The van der Waals surface area contributed by atoms with Crippen LogP contribution in [0.4, 0.5) is 0 Å². The molecule has 1 aromatic rings. The van der Waals surface area contributed by atoms with E-state index in [2.05, 4.69) is 29.8 Å². The van der Waals surface area contributed by atoms with E-state index < -0.39 is 0 Å². The number of thiophene rings is 1. The molecule has 0 spiro atoms. The van der Waals surface area contributed by atoms with Crippen molar-refractivity contribution in [3.63, 3.8) is 0 Å². The van der Waals surface area contributed by atoms with Crippen LogP contribution in [0.15, 0.2) is 17.5 Å². The van der Waals surface area contributed by atoms with Gasteiger partial charge in [0.1, 0.15) is 0 Å². The normalized spacial score (nSPS) is 18.8. The smallest absolute Gasteiger partial charge is 0.239 e. The molecule has 0 aromatic carbocycles. The van der Waals surface area contributed by atoms with Gasteiger partial charge in [-0.1, -0.05) is 19.4 Å². The Kier molecular flexibility index (Phi) is 6.05. The third-order valence-corrected chi connectivity index (χ3v) is 4.94. The molecule has 2 heterocycles. The number of likely N-dealkylation sites (tertiary alicyclic amines) is 1. The van der Waals surface area contributed by atoms with E-state index in [9.17, 15) is 4.79 Å². The lowest BCUT2D eigenvalue weighted by atomic mass is 10.1. The largest absolute Gasteiger partial charge is 0.341 e. The van der Waals surface area contributed by atoms with E-state index >= 15 is 0 Å². The monoisotopic (exact) mass is 294 g/mol. The van der Waals surface area contributed by atoms with Crippen LogP contribution in [-0.2, 0) is 4.79 Å². The zero-order valence-electron chi connectivity index (χ0n) is 12.6. The maximum atomic E-state index is 12.5. The lowest BCUT2D eigenvalue weighted by molar-refractivity contribution is -0.134. The topological polar surface area (TPSA) is 32.3 Å². The molecule has 4 heteroatoms. The Morgan fingerprint density at radius 1 is 1.40 bits per heavy atom. The van der Waals surface area contributed by atoms with Gasteiger partial charge < -0.3 is 4.90 Å². The Morgan fingerprint density at radius 2 is 2.15 bits per heavy atom. The Hall–Kier alpha value is -0.870. The summed E-state index contributed by atoms with van der Waals surface area (Å²) in [4.78, 5) is 15.8. The van der Waals surface area contributed by atoms with Crippen molar-refractivity contribution in [1.82, 2.24) is 10.2 Å². The Morgan fingerprint density at radius 3 is 2.75 bits per heavy atom. The van der Waals surface area contributed by atoms with Crippen molar-refractivity contribution in [1.29, 1.82) is 0 Å². The van der Waals surface area contributed by atoms with Crippen molar-refractivity contribution in [3.05, 3.63) is 22.4 Å². The van der Waals surface area contributed by atoms with Gasteiger partial charge in [-0.3, -0.25) is 10.1 Å².